The molecule has 0 saturated heterocycles. The first-order valence-electron chi connectivity index (χ1n) is 5.42. The number of rotatable bonds is 5. The quantitative estimate of drug-likeness (QED) is 0.777. The van der Waals surface area contributed by atoms with E-state index in [9.17, 15) is 4.79 Å². The summed E-state index contributed by atoms with van der Waals surface area (Å²) in [6.45, 7) is 6.57. The van der Waals surface area contributed by atoms with E-state index < -0.39 is 0 Å². The Hall–Kier alpha value is -1.32. The molecule has 0 spiro atoms. The molecule has 0 fully saturated rings. The van der Waals surface area contributed by atoms with Crippen molar-refractivity contribution in [3.63, 3.8) is 0 Å². The van der Waals surface area contributed by atoms with Crippen molar-refractivity contribution >= 4 is 5.91 Å². The third-order valence-electron chi connectivity index (χ3n) is 2.50. The van der Waals surface area contributed by atoms with Crippen molar-refractivity contribution in [2.24, 2.45) is 0 Å². The van der Waals surface area contributed by atoms with Gasteiger partial charge in [0.2, 0.25) is 5.91 Å². The number of carbonyl (C=O) groups is 1. The van der Waals surface area contributed by atoms with Crippen LogP contribution in [-0.2, 0) is 11.3 Å². The van der Waals surface area contributed by atoms with Crippen LogP contribution in [0.15, 0.2) is 0 Å². The van der Waals surface area contributed by atoms with E-state index in [4.69, 9.17) is 0 Å². The normalized spacial score (nSPS) is 10.3. The van der Waals surface area contributed by atoms with Gasteiger partial charge in [0.1, 0.15) is 0 Å². The van der Waals surface area contributed by atoms with Crippen LogP contribution in [0, 0.1) is 13.8 Å². The second-order valence-electron chi connectivity index (χ2n) is 3.79. The highest BCUT2D eigenvalue weighted by Crippen LogP contribution is 2.08. The predicted octanol–water partition coefficient (Wildman–Crippen LogP) is 1.83. The number of aromatic nitrogens is 2. The second-order valence-corrected chi connectivity index (χ2v) is 3.79. The van der Waals surface area contributed by atoms with Gasteiger partial charge in [0.05, 0.1) is 5.69 Å². The van der Waals surface area contributed by atoms with Crippen LogP contribution in [0.4, 0.5) is 0 Å². The number of nitrogens with zero attached hydrogens (tertiary/aromatic N) is 1. The van der Waals surface area contributed by atoms with Gasteiger partial charge in [-0.1, -0.05) is 13.3 Å². The lowest BCUT2D eigenvalue weighted by Crippen LogP contribution is -2.22. The van der Waals surface area contributed by atoms with E-state index in [1.54, 1.807) is 0 Å². The molecule has 1 aromatic rings. The minimum absolute atomic E-state index is 0.122. The van der Waals surface area contributed by atoms with E-state index in [0.29, 0.717) is 13.0 Å². The van der Waals surface area contributed by atoms with Crippen LogP contribution in [0.25, 0.3) is 0 Å². The SMILES string of the molecule is CCCCC(=O)NCc1c(C)n[nH]c1C. The summed E-state index contributed by atoms with van der Waals surface area (Å²) in [5.41, 5.74) is 3.09. The van der Waals surface area contributed by atoms with Gasteiger partial charge in [0.25, 0.3) is 0 Å². The number of unbranched alkanes of at least 4 members (excludes halogenated alkanes) is 1. The summed E-state index contributed by atoms with van der Waals surface area (Å²) in [7, 11) is 0. The van der Waals surface area contributed by atoms with Gasteiger partial charge in [-0.25, -0.2) is 0 Å². The van der Waals surface area contributed by atoms with Crippen molar-refractivity contribution in [3.05, 3.63) is 17.0 Å². The molecule has 0 aliphatic carbocycles. The Morgan fingerprint density at radius 1 is 1.47 bits per heavy atom. The molecule has 0 aliphatic rings. The smallest absolute Gasteiger partial charge is 0.220 e. The van der Waals surface area contributed by atoms with Crippen molar-refractivity contribution in [1.29, 1.82) is 0 Å². The van der Waals surface area contributed by atoms with E-state index in [-0.39, 0.29) is 5.91 Å². The minimum atomic E-state index is 0.122. The molecule has 1 amide bonds. The van der Waals surface area contributed by atoms with E-state index in [1.165, 1.54) is 0 Å². The van der Waals surface area contributed by atoms with Gasteiger partial charge < -0.3 is 5.32 Å². The van der Waals surface area contributed by atoms with Crippen molar-refractivity contribution in [2.45, 2.75) is 46.6 Å². The average Bonchev–Trinajstić information content (AvgIpc) is 2.53. The first-order chi connectivity index (χ1) is 7.15. The maximum atomic E-state index is 11.4. The van der Waals surface area contributed by atoms with E-state index in [0.717, 1.165) is 29.8 Å². The number of aromatic amines is 1. The van der Waals surface area contributed by atoms with Gasteiger partial charge in [-0.3, -0.25) is 9.89 Å². The number of amides is 1. The summed E-state index contributed by atoms with van der Waals surface area (Å²) in [6.07, 6.45) is 2.62. The number of carbonyl (C=O) groups excluding carboxylic acids is 1. The largest absolute Gasteiger partial charge is 0.352 e. The van der Waals surface area contributed by atoms with E-state index in [1.807, 2.05) is 13.8 Å². The number of hydrogen-bond donors (Lipinski definition) is 2. The fraction of sp³-hybridized carbons (Fsp3) is 0.636. The maximum absolute atomic E-state index is 11.4. The molecule has 15 heavy (non-hydrogen) atoms. The number of nitrogens with one attached hydrogen (secondary N) is 2. The topological polar surface area (TPSA) is 57.8 Å². The third kappa shape index (κ3) is 3.38. The number of hydrogen-bond acceptors (Lipinski definition) is 2. The van der Waals surface area contributed by atoms with Gasteiger partial charge in [-0.15, -0.1) is 0 Å². The zero-order chi connectivity index (χ0) is 11.3. The molecule has 0 saturated carbocycles. The van der Waals surface area contributed by atoms with Gasteiger partial charge in [-0.05, 0) is 20.3 Å². The van der Waals surface area contributed by atoms with Gasteiger partial charge in [0.15, 0.2) is 0 Å². The molecule has 0 atom stereocenters. The van der Waals surface area contributed by atoms with Crippen molar-refractivity contribution < 1.29 is 4.79 Å². The van der Waals surface area contributed by atoms with Gasteiger partial charge in [-0.2, -0.15) is 5.10 Å². The Morgan fingerprint density at radius 2 is 2.20 bits per heavy atom. The first kappa shape index (κ1) is 11.8. The standard InChI is InChI=1S/C11H19N3O/c1-4-5-6-11(15)12-7-10-8(2)13-14-9(10)3/h4-7H2,1-3H3,(H,12,15)(H,13,14). The third-order valence-corrected chi connectivity index (χ3v) is 2.50. The lowest BCUT2D eigenvalue weighted by Gasteiger charge is -2.04. The summed E-state index contributed by atoms with van der Waals surface area (Å²) in [6, 6.07) is 0. The molecule has 84 valence electrons. The molecule has 0 aromatic carbocycles. The fourth-order valence-corrected chi connectivity index (χ4v) is 1.45. The summed E-state index contributed by atoms with van der Waals surface area (Å²) in [5, 5.41) is 9.89. The molecular weight excluding hydrogens is 190 g/mol. The highest BCUT2D eigenvalue weighted by molar-refractivity contribution is 5.75. The predicted molar refractivity (Wildman–Crippen MR) is 59.4 cm³/mol. The van der Waals surface area contributed by atoms with Crippen LogP contribution in [-0.4, -0.2) is 16.1 Å². The summed E-state index contributed by atoms with van der Waals surface area (Å²) >= 11 is 0. The van der Waals surface area contributed by atoms with E-state index >= 15 is 0 Å². The van der Waals surface area contributed by atoms with Crippen molar-refractivity contribution in [1.82, 2.24) is 15.5 Å². The molecule has 1 heterocycles. The molecule has 0 aliphatic heterocycles. The van der Waals surface area contributed by atoms with Crippen molar-refractivity contribution in [3.8, 4) is 0 Å². The maximum Gasteiger partial charge on any atom is 0.220 e. The summed E-state index contributed by atoms with van der Waals surface area (Å²) < 4.78 is 0. The van der Waals surface area contributed by atoms with Crippen molar-refractivity contribution in [2.75, 3.05) is 0 Å². The molecule has 0 unspecified atom stereocenters. The highest BCUT2D eigenvalue weighted by atomic mass is 16.1. The van der Waals surface area contributed by atoms with Crippen LogP contribution in [0.1, 0.15) is 43.1 Å². The van der Waals surface area contributed by atoms with Crippen LogP contribution in [0.3, 0.4) is 0 Å². The van der Waals surface area contributed by atoms with Crippen LogP contribution >= 0.6 is 0 Å². The lowest BCUT2D eigenvalue weighted by atomic mass is 10.2. The monoisotopic (exact) mass is 209 g/mol. The molecule has 1 aromatic heterocycles. The molecule has 4 nitrogen and oxygen atoms in total. The molecular formula is C11H19N3O. The highest BCUT2D eigenvalue weighted by Gasteiger charge is 2.07. The average molecular weight is 209 g/mol. The van der Waals surface area contributed by atoms with Crippen LogP contribution in [0.2, 0.25) is 0 Å². The minimum Gasteiger partial charge on any atom is -0.352 e. The molecule has 1 rings (SSSR count). The zero-order valence-corrected chi connectivity index (χ0v) is 9.68. The lowest BCUT2D eigenvalue weighted by molar-refractivity contribution is -0.121. The Bertz CT molecular complexity index is 311. The number of aryl methyl sites for hydroxylation is 2. The molecule has 0 radical (unpaired) electrons. The van der Waals surface area contributed by atoms with Crippen LogP contribution < -0.4 is 5.32 Å². The summed E-state index contributed by atoms with van der Waals surface area (Å²) in [5.74, 6) is 0.122. The van der Waals surface area contributed by atoms with Gasteiger partial charge in [0, 0.05) is 24.2 Å². The zero-order valence-electron chi connectivity index (χ0n) is 9.68. The molecule has 4 heteroatoms. The Morgan fingerprint density at radius 3 is 2.73 bits per heavy atom. The molecule has 2 N–H and O–H groups in total. The Balaban J connectivity index is 2.40. The second kappa shape index (κ2) is 5.53. The fourth-order valence-electron chi connectivity index (χ4n) is 1.45. The summed E-state index contributed by atoms with van der Waals surface area (Å²) in [4.78, 5) is 11.4. The molecule has 0 bridgehead atoms. The Labute approximate surface area is 90.5 Å². The van der Waals surface area contributed by atoms with Gasteiger partial charge >= 0.3 is 0 Å². The number of H-pyrrole nitrogens is 1. The van der Waals surface area contributed by atoms with Crippen LogP contribution in [0.5, 0.6) is 0 Å². The van der Waals surface area contributed by atoms with E-state index in [2.05, 4.69) is 22.4 Å². The first-order valence-corrected chi connectivity index (χ1v) is 5.42. The Kier molecular flexibility index (Phi) is 4.34.